The van der Waals surface area contributed by atoms with Gasteiger partial charge >= 0.3 is 0 Å². The molecule has 0 unspecified atom stereocenters. The molecule has 1 amide bonds. The summed E-state index contributed by atoms with van der Waals surface area (Å²) in [4.78, 5) is 16.6. The van der Waals surface area contributed by atoms with Crippen LogP contribution in [0.25, 0.3) is 5.70 Å². The van der Waals surface area contributed by atoms with Gasteiger partial charge in [0.15, 0.2) is 0 Å². The van der Waals surface area contributed by atoms with Gasteiger partial charge in [-0.3, -0.25) is 9.79 Å². The Morgan fingerprint density at radius 2 is 2.12 bits per heavy atom. The monoisotopic (exact) mass is 368 g/mol. The number of H-pyrrole nitrogens is 1. The minimum atomic E-state index is -0.518. The van der Waals surface area contributed by atoms with Crippen LogP contribution in [0.2, 0.25) is 0 Å². The number of rotatable bonds is 3. The number of carbonyl (C=O) groups excluding carboxylic acids is 1. The van der Waals surface area contributed by atoms with Crippen molar-refractivity contribution in [2.24, 2.45) is 10.7 Å². The fourth-order valence-electron chi connectivity index (χ4n) is 1.85. The second kappa shape index (κ2) is 11.2. The predicted molar refractivity (Wildman–Crippen MR) is 102 cm³/mol. The summed E-state index contributed by atoms with van der Waals surface area (Å²) in [7, 11) is 5.29. The first-order valence-corrected chi connectivity index (χ1v) is 8.32. The number of ether oxygens (including phenoxy) is 1. The summed E-state index contributed by atoms with van der Waals surface area (Å²) in [6.45, 7) is 0.759. The van der Waals surface area contributed by atoms with E-state index in [1.54, 1.807) is 44.0 Å². The maximum absolute atomic E-state index is 12.7. The zero-order chi connectivity index (χ0) is 18.7. The Balaban J connectivity index is 0.000000405. The molecule has 0 bridgehead atoms. The summed E-state index contributed by atoms with van der Waals surface area (Å²) in [6.07, 6.45) is 3.83. The van der Waals surface area contributed by atoms with E-state index in [1.807, 2.05) is 19.3 Å². The first-order valence-electron chi connectivity index (χ1n) is 7.44. The van der Waals surface area contributed by atoms with E-state index in [0.29, 0.717) is 5.56 Å². The lowest BCUT2D eigenvalue weighted by Gasteiger charge is -2.23. The quantitative estimate of drug-likeness (QED) is 0.874. The largest absolute Gasteiger partial charge is 0.388 e. The number of amides is 1. The van der Waals surface area contributed by atoms with E-state index >= 15 is 0 Å². The number of halogens is 1. The van der Waals surface area contributed by atoms with Crippen LogP contribution < -0.4 is 5.73 Å². The summed E-state index contributed by atoms with van der Waals surface area (Å²) in [5.41, 5.74) is 7.65. The van der Waals surface area contributed by atoms with Gasteiger partial charge in [0.2, 0.25) is 5.91 Å². The molecule has 0 fully saturated rings. The average Bonchev–Trinajstić information content (AvgIpc) is 2.51. The minimum Gasteiger partial charge on any atom is -0.388 e. The highest BCUT2D eigenvalue weighted by molar-refractivity contribution is 7.05. The number of hydrogen-bond acceptors (Lipinski definition) is 5. The van der Waals surface area contributed by atoms with Crippen LogP contribution in [-0.4, -0.2) is 49.3 Å². The van der Waals surface area contributed by atoms with E-state index in [2.05, 4.69) is 24.4 Å². The Morgan fingerprint density at radius 1 is 1.48 bits per heavy atom. The first kappa shape index (κ1) is 20.6. The predicted octanol–water partition coefficient (Wildman–Crippen LogP) is 2.75. The van der Waals surface area contributed by atoms with E-state index in [-0.39, 0.29) is 13.7 Å². The maximum atomic E-state index is 12.7. The van der Waals surface area contributed by atoms with Gasteiger partial charge in [0.1, 0.15) is 12.5 Å². The van der Waals surface area contributed by atoms with Crippen LogP contribution >= 0.6 is 11.5 Å². The van der Waals surface area contributed by atoms with E-state index in [9.17, 15) is 9.18 Å². The SMILES string of the molecule is CN1CN=CC=C1c1cs[nH]1.COC.NC(=O)Cc1ccccc1F.[HH]. The van der Waals surface area contributed by atoms with Crippen molar-refractivity contribution < 1.29 is 15.3 Å². The molecule has 0 spiro atoms. The van der Waals surface area contributed by atoms with Crippen LogP contribution in [0.4, 0.5) is 4.39 Å². The highest BCUT2D eigenvalue weighted by Crippen LogP contribution is 2.20. The Labute approximate surface area is 152 Å². The fourth-order valence-corrected chi connectivity index (χ4v) is 2.31. The van der Waals surface area contributed by atoms with Crippen LogP contribution in [0.5, 0.6) is 0 Å². The highest BCUT2D eigenvalue weighted by atomic mass is 32.1. The number of hydrogen-bond donors (Lipinski definition) is 2. The van der Waals surface area contributed by atoms with Gasteiger partial charge in [-0.2, -0.15) is 0 Å². The lowest BCUT2D eigenvalue weighted by molar-refractivity contribution is -0.117. The van der Waals surface area contributed by atoms with Crippen LogP contribution in [0.15, 0.2) is 40.7 Å². The number of primary amides is 1. The number of benzene rings is 1. The third-order valence-electron chi connectivity index (χ3n) is 2.99. The van der Waals surface area contributed by atoms with Crippen molar-refractivity contribution in [3.05, 3.63) is 52.8 Å². The number of nitrogens with zero attached hydrogens (tertiary/aromatic N) is 2. The van der Waals surface area contributed by atoms with Crippen molar-refractivity contribution in [2.45, 2.75) is 6.42 Å². The summed E-state index contributed by atoms with van der Waals surface area (Å²) in [5.74, 6) is -0.901. The lowest BCUT2D eigenvalue weighted by Crippen LogP contribution is -2.20. The Kier molecular flexibility index (Phi) is 9.20. The Hall–Kier alpha value is -2.45. The summed E-state index contributed by atoms with van der Waals surface area (Å²) < 4.78 is 20.1. The molecule has 3 N–H and O–H groups in total. The van der Waals surface area contributed by atoms with Gasteiger partial charge < -0.3 is 19.7 Å². The van der Waals surface area contributed by atoms with Gasteiger partial charge in [-0.1, -0.05) is 29.7 Å². The Morgan fingerprint density at radius 3 is 2.60 bits per heavy atom. The van der Waals surface area contributed by atoms with Gasteiger partial charge in [0, 0.05) is 34.3 Å². The summed E-state index contributed by atoms with van der Waals surface area (Å²) in [6, 6.07) is 6.08. The topological polar surface area (TPSA) is 83.7 Å². The number of aromatic nitrogens is 1. The zero-order valence-electron chi connectivity index (χ0n) is 14.5. The molecule has 138 valence electrons. The Bertz CT molecular complexity index is 706. The number of nitrogens with two attached hydrogens (primary N) is 1. The van der Waals surface area contributed by atoms with Gasteiger partial charge in [-0.05, 0) is 17.7 Å². The second-order valence-electron chi connectivity index (χ2n) is 5.12. The van der Waals surface area contributed by atoms with Crippen LogP contribution in [-0.2, 0) is 16.0 Å². The van der Waals surface area contributed by atoms with Gasteiger partial charge in [0.05, 0.1) is 17.8 Å². The standard InChI is InChI=1S/C8H8FNO.C7H9N3S.C2H6O.H2/c9-7-4-2-1-3-6(7)5-8(10)11;1-10-5-8-3-2-7(10)6-4-11-9-6;1-3-2;/h1-4H,5H2,(H2,10,11);2-4,9H,5H2,1H3;1-2H3;1H. The number of aliphatic imine (C=N–C) groups is 1. The molecule has 2 heterocycles. The molecule has 1 aromatic heterocycles. The average molecular weight is 368 g/mol. The molecule has 2 aromatic rings. The minimum absolute atomic E-state index is 0. The molecule has 6 nitrogen and oxygen atoms in total. The molecule has 1 aliphatic rings. The van der Waals surface area contributed by atoms with Crippen molar-refractivity contribution in [1.29, 1.82) is 0 Å². The molecular weight excluding hydrogens is 343 g/mol. The van der Waals surface area contributed by atoms with Gasteiger partial charge in [-0.15, -0.1) is 0 Å². The van der Waals surface area contributed by atoms with Crippen molar-refractivity contribution in [1.82, 2.24) is 9.27 Å². The molecule has 0 radical (unpaired) electrons. The fraction of sp³-hybridized carbons (Fsp3) is 0.294. The number of aromatic amines is 1. The van der Waals surface area contributed by atoms with Crippen LogP contribution in [0.1, 0.15) is 12.7 Å². The molecule has 0 saturated heterocycles. The lowest BCUT2D eigenvalue weighted by atomic mass is 10.1. The van der Waals surface area contributed by atoms with Crippen molar-refractivity contribution in [3.8, 4) is 0 Å². The molecule has 0 aliphatic carbocycles. The van der Waals surface area contributed by atoms with E-state index < -0.39 is 5.91 Å². The molecule has 8 heteroatoms. The molecule has 0 atom stereocenters. The molecule has 0 saturated carbocycles. The summed E-state index contributed by atoms with van der Waals surface area (Å²) >= 11 is 1.62. The third-order valence-corrected chi connectivity index (χ3v) is 3.68. The molecule has 1 aromatic carbocycles. The van der Waals surface area contributed by atoms with Crippen LogP contribution in [0.3, 0.4) is 0 Å². The third kappa shape index (κ3) is 7.32. The number of methoxy groups -OCH3 is 1. The smallest absolute Gasteiger partial charge is 0.221 e. The zero-order valence-corrected chi connectivity index (χ0v) is 15.3. The van der Waals surface area contributed by atoms with Crippen LogP contribution in [0, 0.1) is 5.82 Å². The molecule has 1 aliphatic heterocycles. The first-order chi connectivity index (χ1) is 12.0. The van der Waals surface area contributed by atoms with Gasteiger partial charge in [0.25, 0.3) is 0 Å². The van der Waals surface area contributed by atoms with Gasteiger partial charge in [-0.25, -0.2) is 4.39 Å². The number of nitrogens with one attached hydrogen (secondary N) is 1. The van der Waals surface area contributed by atoms with E-state index in [4.69, 9.17) is 5.73 Å². The second-order valence-corrected chi connectivity index (χ2v) is 5.79. The normalized spacial score (nSPS) is 12.5. The van der Waals surface area contributed by atoms with Crippen molar-refractivity contribution in [2.75, 3.05) is 27.9 Å². The number of carbonyl (C=O) groups is 1. The molecule has 25 heavy (non-hydrogen) atoms. The number of allylic oxidation sites excluding steroid dienone is 1. The van der Waals surface area contributed by atoms with E-state index in [1.165, 1.54) is 17.5 Å². The van der Waals surface area contributed by atoms with Crippen molar-refractivity contribution in [3.63, 3.8) is 0 Å². The molecule has 3 rings (SSSR count). The summed E-state index contributed by atoms with van der Waals surface area (Å²) in [5, 5.41) is 2.10. The van der Waals surface area contributed by atoms with E-state index in [0.717, 1.165) is 6.67 Å². The molecular formula is C17H25FN4O2S. The highest BCUT2D eigenvalue weighted by Gasteiger charge is 2.10. The van der Waals surface area contributed by atoms with Crippen molar-refractivity contribution >= 4 is 29.4 Å². The maximum Gasteiger partial charge on any atom is 0.221 e.